The van der Waals surface area contributed by atoms with Gasteiger partial charge in [0.1, 0.15) is 0 Å². The number of rotatable bonds is 6. The van der Waals surface area contributed by atoms with Gasteiger partial charge < -0.3 is 11.1 Å². The van der Waals surface area contributed by atoms with E-state index in [4.69, 9.17) is 5.73 Å². The fourth-order valence-electron chi connectivity index (χ4n) is 2.91. The summed E-state index contributed by atoms with van der Waals surface area (Å²) in [5.41, 5.74) is 9.85. The monoisotopic (exact) mass is 394 g/mol. The molecule has 0 atom stereocenters. The van der Waals surface area contributed by atoms with Crippen molar-refractivity contribution in [2.45, 2.75) is 26.7 Å². The average Bonchev–Trinajstić information content (AvgIpc) is 3.12. The van der Waals surface area contributed by atoms with Gasteiger partial charge in [0.25, 0.3) is 5.91 Å². The third-order valence-electron chi connectivity index (χ3n) is 4.42. The maximum atomic E-state index is 13.8. The third-order valence-corrected chi connectivity index (χ3v) is 4.42. The molecule has 0 fully saturated rings. The van der Waals surface area contributed by atoms with E-state index in [2.05, 4.69) is 27.3 Å². The van der Waals surface area contributed by atoms with E-state index in [1.807, 2.05) is 32.4 Å². The van der Waals surface area contributed by atoms with E-state index in [1.54, 1.807) is 10.7 Å². The Hall–Kier alpha value is -3.55. The number of aromatic nitrogens is 4. The van der Waals surface area contributed by atoms with Crippen LogP contribution >= 0.6 is 0 Å². The van der Waals surface area contributed by atoms with Crippen LogP contribution in [0.5, 0.6) is 0 Å². The molecule has 0 aliphatic rings. The number of aryl methyl sites for hydroxylation is 2. The minimum atomic E-state index is -0.797. The van der Waals surface area contributed by atoms with E-state index in [9.17, 15) is 9.18 Å². The molecule has 7 nitrogen and oxygen atoms in total. The molecule has 0 spiro atoms. The highest BCUT2D eigenvalue weighted by atomic mass is 19.1. The van der Waals surface area contributed by atoms with Gasteiger partial charge in [-0.05, 0) is 42.7 Å². The van der Waals surface area contributed by atoms with Crippen molar-refractivity contribution in [3.05, 3.63) is 65.3 Å². The van der Waals surface area contributed by atoms with Gasteiger partial charge in [-0.2, -0.15) is 9.49 Å². The summed E-state index contributed by atoms with van der Waals surface area (Å²) in [6.07, 6.45) is 10.3. The summed E-state index contributed by atoms with van der Waals surface area (Å²) in [5, 5.41) is 6.73. The van der Waals surface area contributed by atoms with Crippen molar-refractivity contribution < 1.29 is 9.18 Å². The second-order valence-electron chi connectivity index (χ2n) is 6.78. The first-order valence-electron chi connectivity index (χ1n) is 9.26. The number of nitrogens with two attached hydrogens (primary N) is 1. The van der Waals surface area contributed by atoms with E-state index in [1.165, 1.54) is 18.5 Å². The Kier molecular flexibility index (Phi) is 6.01. The normalized spacial score (nSPS) is 11.5. The lowest BCUT2D eigenvalue weighted by molar-refractivity contribution is 0.102. The van der Waals surface area contributed by atoms with Crippen LogP contribution < -0.4 is 11.1 Å². The van der Waals surface area contributed by atoms with Gasteiger partial charge in [0, 0.05) is 30.7 Å². The number of carbonyl (C=O) groups is 1. The van der Waals surface area contributed by atoms with Crippen LogP contribution in [-0.4, -0.2) is 25.7 Å². The van der Waals surface area contributed by atoms with Crippen LogP contribution in [0.2, 0.25) is 0 Å². The molecule has 0 radical (unpaired) electrons. The van der Waals surface area contributed by atoms with Gasteiger partial charge >= 0.3 is 0 Å². The first-order valence-corrected chi connectivity index (χ1v) is 9.26. The zero-order valence-corrected chi connectivity index (χ0v) is 16.6. The number of hydrogen-bond donors (Lipinski definition) is 2. The number of halogens is 1. The Labute approximate surface area is 168 Å². The van der Waals surface area contributed by atoms with Gasteiger partial charge in [-0.25, -0.2) is 4.98 Å². The maximum Gasteiger partial charge on any atom is 0.257 e. The predicted molar refractivity (Wildman–Crippen MR) is 112 cm³/mol. The number of amides is 1. The summed E-state index contributed by atoms with van der Waals surface area (Å²) >= 11 is 0. The molecular weight excluding hydrogens is 371 g/mol. The zero-order valence-electron chi connectivity index (χ0n) is 16.6. The second-order valence-corrected chi connectivity index (χ2v) is 6.78. The van der Waals surface area contributed by atoms with Crippen LogP contribution in [0.1, 0.15) is 46.9 Å². The summed E-state index contributed by atoms with van der Waals surface area (Å²) in [6, 6.07) is 3.06. The minimum Gasteiger partial charge on any atom is -0.397 e. The third kappa shape index (κ3) is 4.84. The van der Waals surface area contributed by atoms with Crippen LogP contribution in [0.3, 0.4) is 0 Å². The highest BCUT2D eigenvalue weighted by Crippen LogP contribution is 2.24. The number of anilines is 2. The molecule has 3 aromatic heterocycles. The number of nitrogens with one attached hydrogen (secondary N) is 1. The molecule has 0 saturated heterocycles. The van der Waals surface area contributed by atoms with Crippen molar-refractivity contribution in [3.8, 4) is 0 Å². The molecule has 0 saturated carbocycles. The van der Waals surface area contributed by atoms with Crippen molar-refractivity contribution in [1.82, 2.24) is 19.7 Å². The molecule has 1 amide bonds. The second kappa shape index (κ2) is 8.64. The summed E-state index contributed by atoms with van der Waals surface area (Å²) < 4.78 is 15.6. The van der Waals surface area contributed by atoms with Gasteiger partial charge in [-0.1, -0.05) is 13.3 Å². The molecule has 3 N–H and O–H groups in total. The molecule has 0 aromatic carbocycles. The predicted octanol–water partition coefficient (Wildman–Crippen LogP) is 3.83. The van der Waals surface area contributed by atoms with Crippen molar-refractivity contribution in [2.24, 2.45) is 7.05 Å². The minimum absolute atomic E-state index is 0.0744. The molecule has 3 rings (SSSR count). The van der Waals surface area contributed by atoms with Gasteiger partial charge in [0.05, 0.1) is 29.3 Å². The Balaban J connectivity index is 1.92. The average molecular weight is 394 g/mol. The Morgan fingerprint density at radius 3 is 2.72 bits per heavy atom. The number of allylic oxidation sites excluding steroid dienone is 1. The van der Waals surface area contributed by atoms with E-state index < -0.39 is 11.9 Å². The Morgan fingerprint density at radius 2 is 2.03 bits per heavy atom. The highest BCUT2D eigenvalue weighted by molar-refractivity contribution is 6.04. The fourth-order valence-corrected chi connectivity index (χ4v) is 2.91. The standard InChI is InChI=1S/C21H23FN6O/c1-4-5-14(17-10-26-28(3)12-17)6-15-7-16(9-24-13(15)2)21(29)27-19-8-18(23)11-25-20(19)22/h6-12H,4-5,23H2,1-3H3,(H,27,29)/b14-6+. The molecular formula is C21H23FN6O. The summed E-state index contributed by atoms with van der Waals surface area (Å²) in [6.45, 7) is 3.98. The zero-order chi connectivity index (χ0) is 21.0. The van der Waals surface area contributed by atoms with E-state index in [0.717, 1.165) is 35.2 Å². The smallest absolute Gasteiger partial charge is 0.257 e. The summed E-state index contributed by atoms with van der Waals surface area (Å²) in [7, 11) is 1.87. The number of nitrogens with zero attached hydrogens (tertiary/aromatic N) is 4. The quantitative estimate of drug-likeness (QED) is 0.619. The Bertz CT molecular complexity index is 1070. The van der Waals surface area contributed by atoms with Gasteiger partial charge in [0.15, 0.2) is 0 Å². The van der Waals surface area contributed by atoms with Gasteiger partial charge in [0.2, 0.25) is 5.95 Å². The molecule has 29 heavy (non-hydrogen) atoms. The number of nitrogen functional groups attached to an aromatic ring is 1. The van der Waals surface area contributed by atoms with Crippen molar-refractivity contribution in [1.29, 1.82) is 0 Å². The van der Waals surface area contributed by atoms with Crippen LogP contribution in [0, 0.1) is 12.9 Å². The van der Waals surface area contributed by atoms with Gasteiger partial charge in [-0.3, -0.25) is 14.5 Å². The first kappa shape index (κ1) is 20.2. The van der Waals surface area contributed by atoms with Crippen LogP contribution in [0.25, 0.3) is 11.6 Å². The lowest BCUT2D eigenvalue weighted by atomic mass is 10.00. The maximum absolute atomic E-state index is 13.8. The van der Waals surface area contributed by atoms with E-state index in [-0.39, 0.29) is 11.4 Å². The summed E-state index contributed by atoms with van der Waals surface area (Å²) in [4.78, 5) is 20.5. The lowest BCUT2D eigenvalue weighted by Gasteiger charge is -2.09. The molecule has 0 aliphatic heterocycles. The van der Waals surface area contributed by atoms with E-state index >= 15 is 0 Å². The lowest BCUT2D eigenvalue weighted by Crippen LogP contribution is -2.14. The molecule has 0 unspecified atom stereocenters. The highest BCUT2D eigenvalue weighted by Gasteiger charge is 2.13. The molecule has 3 aromatic rings. The Morgan fingerprint density at radius 1 is 1.24 bits per heavy atom. The molecule has 8 heteroatoms. The number of pyridine rings is 2. The molecule has 0 bridgehead atoms. The van der Waals surface area contributed by atoms with Crippen molar-refractivity contribution >= 4 is 28.9 Å². The first-order chi connectivity index (χ1) is 13.9. The molecule has 150 valence electrons. The molecule has 3 heterocycles. The summed E-state index contributed by atoms with van der Waals surface area (Å²) in [5.74, 6) is -1.29. The van der Waals surface area contributed by atoms with E-state index in [0.29, 0.717) is 5.56 Å². The van der Waals surface area contributed by atoms with Gasteiger partial charge in [-0.15, -0.1) is 0 Å². The SMILES string of the molecule is CCC/C(=C\c1cc(C(=O)Nc2cc(N)cnc2F)cnc1C)c1cnn(C)c1. The van der Waals surface area contributed by atoms with Crippen molar-refractivity contribution in [3.63, 3.8) is 0 Å². The van der Waals surface area contributed by atoms with Crippen LogP contribution in [0.4, 0.5) is 15.8 Å². The van der Waals surface area contributed by atoms with Crippen molar-refractivity contribution in [2.75, 3.05) is 11.1 Å². The fraction of sp³-hybridized carbons (Fsp3) is 0.238. The van der Waals surface area contributed by atoms with Crippen LogP contribution in [-0.2, 0) is 7.05 Å². The topological polar surface area (TPSA) is 98.7 Å². The number of hydrogen-bond acceptors (Lipinski definition) is 5. The largest absolute Gasteiger partial charge is 0.397 e. The molecule has 0 aliphatic carbocycles. The number of carbonyl (C=O) groups excluding carboxylic acids is 1. The van der Waals surface area contributed by atoms with Crippen LogP contribution in [0.15, 0.2) is 36.9 Å².